The summed E-state index contributed by atoms with van der Waals surface area (Å²) in [6, 6.07) is 8.52. The maximum Gasteiger partial charge on any atom is 0.225 e. The third-order valence-corrected chi connectivity index (χ3v) is 7.11. The van der Waals surface area contributed by atoms with E-state index in [2.05, 4.69) is 40.0 Å². The molecule has 0 bridgehead atoms. The fraction of sp³-hybridized carbons (Fsp3) is 0.308. The van der Waals surface area contributed by atoms with Crippen LogP contribution in [0.3, 0.4) is 0 Å². The number of hydrogen-bond acceptors (Lipinski definition) is 11. The Bertz CT molecular complexity index is 1820. The van der Waals surface area contributed by atoms with Gasteiger partial charge in [-0.2, -0.15) is 19.7 Å². The molecule has 0 saturated carbocycles. The second kappa shape index (κ2) is 10.2. The lowest BCUT2D eigenvalue weighted by Crippen LogP contribution is -2.47. The molecule has 1 saturated heterocycles. The minimum atomic E-state index is -0.313. The average Bonchev–Trinajstić information content (AvgIpc) is 3.78. The summed E-state index contributed by atoms with van der Waals surface area (Å²) in [5.41, 5.74) is 8.00. The van der Waals surface area contributed by atoms with Crippen molar-refractivity contribution in [3.63, 3.8) is 0 Å². The summed E-state index contributed by atoms with van der Waals surface area (Å²) in [6.07, 6.45) is 4.90. The Morgan fingerprint density at radius 1 is 1.05 bits per heavy atom. The standard InChI is InChI=1S/C26H27FN12O2/c1-35-16-29-22(33-35)15-41-17-4-5-20(19(27)13-17)37-9-6-36(7-10-37)8-11-38-24-18(14-30-38)25-31-23(21-3-2-12-40-21)34-39(25)26(28)32-24/h2-5,12-14,16H,6-11,15H2,1H3,(H2,28,32). The number of halogens is 1. The topological polar surface area (TPSA) is 146 Å². The van der Waals surface area contributed by atoms with Crippen LogP contribution in [-0.4, -0.2) is 81.8 Å². The molecule has 0 amide bonds. The maximum atomic E-state index is 15.0. The van der Waals surface area contributed by atoms with Crippen LogP contribution in [0.5, 0.6) is 5.75 Å². The average molecular weight is 559 g/mol. The monoisotopic (exact) mass is 558 g/mol. The van der Waals surface area contributed by atoms with Crippen LogP contribution >= 0.6 is 0 Å². The molecule has 1 fully saturated rings. The Morgan fingerprint density at radius 2 is 1.93 bits per heavy atom. The largest absolute Gasteiger partial charge is 0.485 e. The molecular weight excluding hydrogens is 531 g/mol. The molecule has 7 rings (SSSR count). The first-order valence-electron chi connectivity index (χ1n) is 13.2. The highest BCUT2D eigenvalue weighted by atomic mass is 19.1. The quantitative estimate of drug-likeness (QED) is 0.293. The summed E-state index contributed by atoms with van der Waals surface area (Å²) in [7, 11) is 1.78. The summed E-state index contributed by atoms with van der Waals surface area (Å²) in [4.78, 5) is 17.7. The highest BCUT2D eigenvalue weighted by Crippen LogP contribution is 2.26. The van der Waals surface area contributed by atoms with Crippen LogP contribution in [0.25, 0.3) is 28.3 Å². The van der Waals surface area contributed by atoms with Gasteiger partial charge >= 0.3 is 0 Å². The summed E-state index contributed by atoms with van der Waals surface area (Å²) < 4.78 is 31.0. The Balaban J connectivity index is 0.975. The molecular formula is C26H27FN12O2. The first-order chi connectivity index (χ1) is 20.0. The van der Waals surface area contributed by atoms with E-state index in [4.69, 9.17) is 14.9 Å². The Kier molecular flexibility index (Phi) is 6.19. The van der Waals surface area contributed by atoms with Gasteiger partial charge in [0.25, 0.3) is 0 Å². The Labute approximate surface area is 232 Å². The number of ether oxygens (including phenoxy) is 1. The Hall–Kier alpha value is -5.05. The SMILES string of the molecule is Cn1cnc(COc2ccc(N3CCN(CCn4ncc5c4nc(N)n4nc(-c6ccco6)nc54)CC3)c(F)c2)n1. The highest BCUT2D eigenvalue weighted by Gasteiger charge is 2.21. The number of aryl methyl sites for hydroxylation is 1. The van der Waals surface area contributed by atoms with Crippen LogP contribution < -0.4 is 15.4 Å². The number of rotatable bonds is 8. The van der Waals surface area contributed by atoms with Gasteiger partial charge in [0.1, 0.15) is 24.5 Å². The number of anilines is 2. The van der Waals surface area contributed by atoms with Crippen LogP contribution in [0.2, 0.25) is 0 Å². The van der Waals surface area contributed by atoms with E-state index in [0.717, 1.165) is 25.0 Å². The van der Waals surface area contributed by atoms with Gasteiger partial charge in [0.05, 0.1) is 30.1 Å². The van der Waals surface area contributed by atoms with Crippen molar-refractivity contribution in [1.82, 2.24) is 49.0 Å². The van der Waals surface area contributed by atoms with Crippen LogP contribution in [0.15, 0.2) is 53.5 Å². The summed E-state index contributed by atoms with van der Waals surface area (Å²) in [6.45, 7) is 4.56. The van der Waals surface area contributed by atoms with Gasteiger partial charge < -0.3 is 19.8 Å². The summed E-state index contributed by atoms with van der Waals surface area (Å²) >= 11 is 0. The molecule has 15 heteroatoms. The predicted molar refractivity (Wildman–Crippen MR) is 147 cm³/mol. The normalized spacial score (nSPS) is 14.4. The van der Waals surface area contributed by atoms with Gasteiger partial charge in [-0.25, -0.2) is 19.0 Å². The third kappa shape index (κ3) is 4.80. The maximum absolute atomic E-state index is 15.0. The van der Waals surface area contributed by atoms with Crippen LogP contribution in [0.4, 0.5) is 16.0 Å². The number of nitrogens with two attached hydrogens (primary N) is 1. The molecule has 14 nitrogen and oxygen atoms in total. The van der Waals surface area contributed by atoms with Crippen LogP contribution in [0, 0.1) is 5.82 Å². The molecule has 2 N–H and O–H groups in total. The van der Waals surface area contributed by atoms with Gasteiger partial charge in [-0.3, -0.25) is 9.58 Å². The lowest BCUT2D eigenvalue weighted by atomic mass is 10.2. The van der Waals surface area contributed by atoms with E-state index in [0.29, 0.717) is 59.8 Å². The number of aromatic nitrogens is 9. The minimum Gasteiger partial charge on any atom is -0.485 e. The highest BCUT2D eigenvalue weighted by molar-refractivity contribution is 5.90. The van der Waals surface area contributed by atoms with Crippen molar-refractivity contribution in [3.05, 3.63) is 60.8 Å². The first-order valence-corrected chi connectivity index (χ1v) is 13.2. The van der Waals surface area contributed by atoms with E-state index in [9.17, 15) is 4.39 Å². The molecule has 5 aromatic heterocycles. The van der Waals surface area contributed by atoms with Gasteiger partial charge in [-0.1, -0.05) is 0 Å². The predicted octanol–water partition coefficient (Wildman–Crippen LogP) is 1.98. The summed E-state index contributed by atoms with van der Waals surface area (Å²) in [5, 5.41) is 13.9. The molecule has 1 aromatic carbocycles. The van der Waals surface area contributed by atoms with Crippen molar-refractivity contribution in [1.29, 1.82) is 0 Å². The van der Waals surface area contributed by atoms with E-state index in [1.54, 1.807) is 54.8 Å². The van der Waals surface area contributed by atoms with Crippen LogP contribution in [-0.2, 0) is 20.2 Å². The van der Waals surface area contributed by atoms with Crippen LogP contribution in [0.1, 0.15) is 5.82 Å². The van der Waals surface area contributed by atoms with E-state index >= 15 is 0 Å². The molecule has 0 aliphatic carbocycles. The van der Waals surface area contributed by atoms with Crippen molar-refractivity contribution < 1.29 is 13.5 Å². The molecule has 41 heavy (non-hydrogen) atoms. The summed E-state index contributed by atoms with van der Waals surface area (Å²) in [5.74, 6) is 1.88. The molecule has 0 radical (unpaired) electrons. The lowest BCUT2D eigenvalue weighted by Gasteiger charge is -2.36. The molecule has 210 valence electrons. The zero-order valence-corrected chi connectivity index (χ0v) is 22.3. The third-order valence-electron chi connectivity index (χ3n) is 7.11. The zero-order chi connectivity index (χ0) is 27.9. The van der Waals surface area contributed by atoms with Crippen molar-refractivity contribution in [2.75, 3.05) is 43.4 Å². The van der Waals surface area contributed by atoms with Crippen molar-refractivity contribution in [2.24, 2.45) is 7.05 Å². The van der Waals surface area contributed by atoms with Gasteiger partial charge in [0, 0.05) is 45.8 Å². The molecule has 0 atom stereocenters. The molecule has 6 aromatic rings. The lowest BCUT2D eigenvalue weighted by molar-refractivity contribution is 0.245. The Morgan fingerprint density at radius 3 is 2.68 bits per heavy atom. The number of nitrogens with zero attached hydrogens (tertiary/aromatic N) is 11. The van der Waals surface area contributed by atoms with Crippen molar-refractivity contribution >= 4 is 28.3 Å². The second-order valence-corrected chi connectivity index (χ2v) is 9.79. The minimum absolute atomic E-state index is 0.182. The first kappa shape index (κ1) is 25.0. The van der Waals surface area contributed by atoms with E-state index < -0.39 is 0 Å². The van der Waals surface area contributed by atoms with Gasteiger partial charge in [0.15, 0.2) is 22.9 Å². The smallest absolute Gasteiger partial charge is 0.225 e. The molecule has 1 aliphatic heterocycles. The van der Waals surface area contributed by atoms with E-state index in [1.807, 2.05) is 4.68 Å². The number of furan rings is 1. The number of hydrogen-bond donors (Lipinski definition) is 1. The molecule has 0 spiro atoms. The number of nitrogen functional groups attached to an aromatic ring is 1. The van der Waals surface area contributed by atoms with E-state index in [-0.39, 0.29) is 18.4 Å². The number of piperazine rings is 1. The fourth-order valence-electron chi connectivity index (χ4n) is 5.01. The van der Waals surface area contributed by atoms with Gasteiger partial charge in [-0.05, 0) is 24.3 Å². The van der Waals surface area contributed by atoms with Gasteiger partial charge in [-0.15, -0.1) is 5.10 Å². The molecule has 0 unspecified atom stereocenters. The molecule has 1 aliphatic rings. The molecule has 6 heterocycles. The second-order valence-electron chi connectivity index (χ2n) is 9.79. The van der Waals surface area contributed by atoms with E-state index in [1.165, 1.54) is 10.6 Å². The van der Waals surface area contributed by atoms with Crippen molar-refractivity contribution in [2.45, 2.75) is 13.2 Å². The fourth-order valence-corrected chi connectivity index (χ4v) is 5.01. The van der Waals surface area contributed by atoms with Crippen molar-refractivity contribution in [3.8, 4) is 17.3 Å². The zero-order valence-electron chi connectivity index (χ0n) is 22.3. The number of fused-ring (bicyclic) bond motifs is 3. The number of benzene rings is 1. The van der Waals surface area contributed by atoms with Gasteiger partial charge in [0.2, 0.25) is 11.8 Å².